The molecule has 2 aromatic carbocycles. The molecule has 8 heteroatoms. The fourth-order valence-corrected chi connectivity index (χ4v) is 3.83. The molecule has 140 valence electrons. The zero-order valence-electron chi connectivity index (χ0n) is 14.5. The molecule has 0 saturated carbocycles. The lowest BCUT2D eigenvalue weighted by molar-refractivity contribution is 0.0696. The molecule has 0 amide bonds. The van der Waals surface area contributed by atoms with Gasteiger partial charge in [-0.3, -0.25) is 4.98 Å². The minimum atomic E-state index is -3.88. The van der Waals surface area contributed by atoms with Crippen LogP contribution >= 0.6 is 0 Å². The highest BCUT2D eigenvalue weighted by Crippen LogP contribution is 2.30. The number of carboxylic acids is 1. The molecule has 1 heterocycles. The molecule has 0 spiro atoms. The zero-order valence-corrected chi connectivity index (χ0v) is 15.4. The standard InChI is InChI=1S/C19H18N2O5S/c1-26-9-8-21-27(24,25)15-11-13(10-14(12-15)19(22)23)16-4-2-6-18-17(16)5-3-7-20-18/h2-7,10-12,21H,8-9H2,1H3,(H,22,23). The van der Waals surface area contributed by atoms with Gasteiger partial charge in [0.05, 0.1) is 22.6 Å². The number of aromatic nitrogens is 1. The molecule has 0 aliphatic heterocycles. The number of sulfonamides is 1. The highest BCUT2D eigenvalue weighted by molar-refractivity contribution is 7.89. The van der Waals surface area contributed by atoms with Crippen molar-refractivity contribution in [1.29, 1.82) is 0 Å². The van der Waals surface area contributed by atoms with Gasteiger partial charge in [0.25, 0.3) is 0 Å². The predicted octanol–water partition coefficient (Wildman–Crippen LogP) is 2.52. The maximum absolute atomic E-state index is 12.6. The lowest BCUT2D eigenvalue weighted by Gasteiger charge is -2.11. The van der Waals surface area contributed by atoms with E-state index in [0.717, 1.165) is 17.0 Å². The van der Waals surface area contributed by atoms with Crippen molar-refractivity contribution in [3.8, 4) is 11.1 Å². The highest BCUT2D eigenvalue weighted by Gasteiger charge is 2.19. The van der Waals surface area contributed by atoms with Crippen molar-refractivity contribution in [3.63, 3.8) is 0 Å². The predicted molar refractivity (Wildman–Crippen MR) is 101 cm³/mol. The summed E-state index contributed by atoms with van der Waals surface area (Å²) in [7, 11) is -2.42. The summed E-state index contributed by atoms with van der Waals surface area (Å²) in [6.45, 7) is 0.295. The van der Waals surface area contributed by atoms with Gasteiger partial charge in [-0.05, 0) is 41.5 Å². The SMILES string of the molecule is COCCNS(=O)(=O)c1cc(C(=O)O)cc(-c2cccc3ncccc23)c1. The molecule has 0 fully saturated rings. The highest BCUT2D eigenvalue weighted by atomic mass is 32.2. The van der Waals surface area contributed by atoms with Gasteiger partial charge in [0, 0.05) is 25.2 Å². The number of methoxy groups -OCH3 is 1. The Labute approximate surface area is 156 Å². The van der Waals surface area contributed by atoms with Crippen molar-refractivity contribution in [3.05, 3.63) is 60.3 Å². The van der Waals surface area contributed by atoms with Crippen LogP contribution < -0.4 is 4.72 Å². The molecular formula is C19H18N2O5S. The topological polar surface area (TPSA) is 106 Å². The van der Waals surface area contributed by atoms with Crippen LogP contribution in [0.3, 0.4) is 0 Å². The molecule has 3 aromatic rings. The van der Waals surface area contributed by atoms with Gasteiger partial charge in [-0.1, -0.05) is 18.2 Å². The molecule has 0 unspecified atom stereocenters. The summed E-state index contributed by atoms with van der Waals surface area (Å²) in [4.78, 5) is 15.7. The molecule has 2 N–H and O–H groups in total. The van der Waals surface area contributed by atoms with E-state index in [0.29, 0.717) is 11.1 Å². The number of hydrogen-bond donors (Lipinski definition) is 2. The lowest BCUT2D eigenvalue weighted by atomic mass is 9.99. The summed E-state index contributed by atoms with van der Waals surface area (Å²) in [5.41, 5.74) is 1.82. The van der Waals surface area contributed by atoms with Crippen LogP contribution in [0.25, 0.3) is 22.0 Å². The Bertz CT molecular complexity index is 1090. The quantitative estimate of drug-likeness (QED) is 0.605. The van der Waals surface area contributed by atoms with Crippen LogP contribution in [0.15, 0.2) is 59.6 Å². The van der Waals surface area contributed by atoms with Crippen LogP contribution in [0.4, 0.5) is 0 Å². The van der Waals surface area contributed by atoms with E-state index < -0.39 is 16.0 Å². The van der Waals surface area contributed by atoms with E-state index in [-0.39, 0.29) is 23.6 Å². The second-order valence-corrected chi connectivity index (χ2v) is 7.58. The zero-order chi connectivity index (χ0) is 19.4. The minimum Gasteiger partial charge on any atom is -0.478 e. The third-order valence-electron chi connectivity index (χ3n) is 4.02. The van der Waals surface area contributed by atoms with Gasteiger partial charge in [-0.25, -0.2) is 17.9 Å². The van der Waals surface area contributed by atoms with Crippen LogP contribution in [0.2, 0.25) is 0 Å². The molecule has 0 bridgehead atoms. The van der Waals surface area contributed by atoms with Crippen molar-refractivity contribution >= 4 is 26.9 Å². The second kappa shape index (κ2) is 7.83. The smallest absolute Gasteiger partial charge is 0.335 e. The fraction of sp³-hybridized carbons (Fsp3) is 0.158. The molecule has 0 aliphatic rings. The van der Waals surface area contributed by atoms with Gasteiger partial charge < -0.3 is 9.84 Å². The van der Waals surface area contributed by atoms with Crippen LogP contribution in [0.5, 0.6) is 0 Å². The molecule has 1 aromatic heterocycles. The number of nitrogens with zero attached hydrogens (tertiary/aromatic N) is 1. The Morgan fingerprint density at radius 1 is 1.19 bits per heavy atom. The van der Waals surface area contributed by atoms with Gasteiger partial charge in [0.2, 0.25) is 10.0 Å². The number of hydrogen-bond acceptors (Lipinski definition) is 5. The van der Waals surface area contributed by atoms with E-state index in [1.165, 1.54) is 19.2 Å². The number of carbonyl (C=O) groups is 1. The Kier molecular flexibility index (Phi) is 5.50. The maximum Gasteiger partial charge on any atom is 0.335 e. The number of nitrogens with one attached hydrogen (secondary N) is 1. The van der Waals surface area contributed by atoms with Crippen LogP contribution in [-0.4, -0.2) is 44.7 Å². The number of carboxylic acid groups (broad SMARTS) is 1. The average molecular weight is 386 g/mol. The lowest BCUT2D eigenvalue weighted by Crippen LogP contribution is -2.27. The monoisotopic (exact) mass is 386 g/mol. The first-order valence-corrected chi connectivity index (χ1v) is 9.62. The van der Waals surface area contributed by atoms with E-state index in [1.54, 1.807) is 24.4 Å². The average Bonchev–Trinajstić information content (AvgIpc) is 2.67. The van der Waals surface area contributed by atoms with Gasteiger partial charge >= 0.3 is 5.97 Å². The van der Waals surface area contributed by atoms with E-state index >= 15 is 0 Å². The number of benzene rings is 2. The van der Waals surface area contributed by atoms with Crippen molar-refractivity contribution < 1.29 is 23.1 Å². The molecular weight excluding hydrogens is 368 g/mol. The summed E-state index contributed by atoms with van der Waals surface area (Å²) in [5.74, 6) is -1.21. The molecule has 0 aliphatic carbocycles. The molecule has 0 radical (unpaired) electrons. The van der Waals surface area contributed by atoms with E-state index in [2.05, 4.69) is 9.71 Å². The number of pyridine rings is 1. The van der Waals surface area contributed by atoms with Crippen molar-refractivity contribution in [2.24, 2.45) is 0 Å². The first kappa shape index (κ1) is 19.0. The van der Waals surface area contributed by atoms with Crippen LogP contribution in [0.1, 0.15) is 10.4 Å². The molecule has 7 nitrogen and oxygen atoms in total. The summed E-state index contributed by atoms with van der Waals surface area (Å²) in [6, 6.07) is 13.1. The van der Waals surface area contributed by atoms with Crippen LogP contribution in [0, 0.1) is 0 Å². The Morgan fingerprint density at radius 3 is 2.74 bits per heavy atom. The molecule has 0 saturated heterocycles. The summed E-state index contributed by atoms with van der Waals surface area (Å²) in [6.07, 6.45) is 1.66. The first-order valence-electron chi connectivity index (χ1n) is 8.13. The molecule has 27 heavy (non-hydrogen) atoms. The molecule has 0 atom stereocenters. The Morgan fingerprint density at radius 2 is 2.00 bits per heavy atom. The largest absolute Gasteiger partial charge is 0.478 e. The second-order valence-electron chi connectivity index (χ2n) is 5.82. The van der Waals surface area contributed by atoms with Crippen molar-refractivity contribution in [2.45, 2.75) is 4.90 Å². The Hall–Kier alpha value is -2.81. The van der Waals surface area contributed by atoms with E-state index in [9.17, 15) is 18.3 Å². The molecule has 3 rings (SSSR count). The third kappa shape index (κ3) is 4.13. The first-order chi connectivity index (χ1) is 12.9. The minimum absolute atomic E-state index is 0.0870. The number of ether oxygens (including phenoxy) is 1. The van der Waals surface area contributed by atoms with Gasteiger partial charge in [0.15, 0.2) is 0 Å². The van der Waals surface area contributed by atoms with E-state index in [1.807, 2.05) is 12.1 Å². The number of fused-ring (bicyclic) bond motifs is 1. The Balaban J connectivity index is 2.16. The number of aromatic carboxylic acids is 1. The van der Waals surface area contributed by atoms with Gasteiger partial charge in [0.1, 0.15) is 0 Å². The van der Waals surface area contributed by atoms with Gasteiger partial charge in [-0.2, -0.15) is 0 Å². The van der Waals surface area contributed by atoms with E-state index in [4.69, 9.17) is 4.74 Å². The summed E-state index contributed by atoms with van der Waals surface area (Å²) < 4.78 is 32.4. The normalized spacial score (nSPS) is 11.6. The third-order valence-corrected chi connectivity index (χ3v) is 5.46. The van der Waals surface area contributed by atoms with Gasteiger partial charge in [-0.15, -0.1) is 0 Å². The maximum atomic E-state index is 12.6. The summed E-state index contributed by atoms with van der Waals surface area (Å²) >= 11 is 0. The van der Waals surface area contributed by atoms with Crippen molar-refractivity contribution in [1.82, 2.24) is 9.71 Å². The fourth-order valence-electron chi connectivity index (χ4n) is 2.75. The summed E-state index contributed by atoms with van der Waals surface area (Å²) in [5, 5.41) is 10.2. The number of rotatable bonds is 7. The van der Waals surface area contributed by atoms with Crippen molar-refractivity contribution in [2.75, 3.05) is 20.3 Å². The van der Waals surface area contributed by atoms with Crippen LogP contribution in [-0.2, 0) is 14.8 Å².